The summed E-state index contributed by atoms with van der Waals surface area (Å²) in [4.78, 5) is 29.1. The number of piperidine rings is 1. The zero-order chi connectivity index (χ0) is 31.8. The van der Waals surface area contributed by atoms with Crippen molar-refractivity contribution in [1.82, 2.24) is 9.80 Å². The number of carbonyl (C=O) groups excluding carboxylic acids is 2. The van der Waals surface area contributed by atoms with Gasteiger partial charge in [-0.3, -0.25) is 9.59 Å². The summed E-state index contributed by atoms with van der Waals surface area (Å²) in [6.45, 7) is 2.97. The maximum absolute atomic E-state index is 13.9. The SMILES string of the molecule is Cc1cc(F)ccc1C1CN(C(=O)CCS(C)(=O)=O)CC[C@@H]1C(=O)N(C)[C@H](C)c1cc(C(F)(F)F)cc(C(F)(F)F)c1. The Kier molecular flexibility index (Phi) is 9.70. The molecule has 1 unspecified atom stereocenters. The van der Waals surface area contributed by atoms with E-state index in [1.807, 2.05) is 0 Å². The van der Waals surface area contributed by atoms with Gasteiger partial charge in [0.05, 0.1) is 22.9 Å². The number of benzene rings is 2. The smallest absolute Gasteiger partial charge is 0.342 e. The Morgan fingerprint density at radius 3 is 2.10 bits per heavy atom. The highest BCUT2D eigenvalue weighted by atomic mass is 32.2. The van der Waals surface area contributed by atoms with Crippen LogP contribution in [0.15, 0.2) is 36.4 Å². The average Bonchev–Trinajstić information content (AvgIpc) is 2.88. The molecular formula is C28H31F7N2O4S. The molecule has 1 fully saturated rings. The van der Waals surface area contributed by atoms with Crippen molar-refractivity contribution in [3.63, 3.8) is 0 Å². The lowest BCUT2D eigenvalue weighted by Crippen LogP contribution is -2.48. The second kappa shape index (κ2) is 12.2. The Bertz CT molecular complexity index is 1410. The van der Waals surface area contributed by atoms with Gasteiger partial charge in [-0.15, -0.1) is 0 Å². The van der Waals surface area contributed by atoms with Gasteiger partial charge in [-0.1, -0.05) is 6.07 Å². The fourth-order valence-corrected chi connectivity index (χ4v) is 5.72. The standard InChI is InChI=1S/C28H31F7N2O4S/c1-16-11-21(29)5-6-22(16)24-15-37(25(38)8-10-42(4,40)41)9-7-23(24)26(39)36(3)17(2)18-12-19(27(30,31)32)14-20(13-18)28(33,34)35/h5-6,11-14,17,23-24H,7-10,15H2,1-4H3/t17-,23+,24?/m1/s1. The largest absolute Gasteiger partial charge is 0.416 e. The Balaban J connectivity index is 1.96. The molecule has 0 aromatic heterocycles. The molecule has 2 amide bonds. The van der Waals surface area contributed by atoms with Gasteiger partial charge >= 0.3 is 12.4 Å². The molecule has 42 heavy (non-hydrogen) atoms. The predicted octanol–water partition coefficient (Wildman–Crippen LogP) is 5.76. The maximum Gasteiger partial charge on any atom is 0.416 e. The van der Waals surface area contributed by atoms with Gasteiger partial charge in [0.25, 0.3) is 0 Å². The first-order valence-corrected chi connectivity index (χ1v) is 15.0. The summed E-state index contributed by atoms with van der Waals surface area (Å²) in [5.41, 5.74) is -2.35. The first kappa shape index (κ1) is 33.3. The Labute approximate surface area is 239 Å². The van der Waals surface area contributed by atoms with Crippen LogP contribution in [0.3, 0.4) is 0 Å². The monoisotopic (exact) mass is 624 g/mol. The van der Waals surface area contributed by atoms with Gasteiger partial charge in [0.2, 0.25) is 11.8 Å². The summed E-state index contributed by atoms with van der Waals surface area (Å²) in [6.07, 6.45) is -9.31. The van der Waals surface area contributed by atoms with Crippen LogP contribution in [0.5, 0.6) is 0 Å². The Hall–Kier alpha value is -3.16. The van der Waals surface area contributed by atoms with E-state index < -0.39 is 68.8 Å². The Morgan fingerprint density at radius 1 is 1.02 bits per heavy atom. The van der Waals surface area contributed by atoms with Gasteiger partial charge in [0, 0.05) is 44.6 Å². The molecule has 3 rings (SSSR count). The van der Waals surface area contributed by atoms with Crippen molar-refractivity contribution < 1.29 is 48.7 Å². The van der Waals surface area contributed by atoms with Crippen LogP contribution in [0.1, 0.15) is 59.5 Å². The summed E-state index contributed by atoms with van der Waals surface area (Å²) >= 11 is 0. The number of sulfone groups is 1. The molecular weight excluding hydrogens is 593 g/mol. The van der Waals surface area contributed by atoms with E-state index in [2.05, 4.69) is 0 Å². The molecule has 2 aromatic carbocycles. The normalized spacial score (nSPS) is 19.0. The van der Waals surface area contributed by atoms with Crippen molar-refractivity contribution in [1.29, 1.82) is 0 Å². The predicted molar refractivity (Wildman–Crippen MR) is 141 cm³/mol. The fourth-order valence-electron chi connectivity index (χ4n) is 5.17. The summed E-state index contributed by atoms with van der Waals surface area (Å²) in [7, 11) is -2.15. The molecule has 1 aliphatic rings. The molecule has 0 radical (unpaired) electrons. The third-order valence-electron chi connectivity index (χ3n) is 7.62. The molecule has 0 N–H and O–H groups in total. The number of aryl methyl sites for hydroxylation is 1. The number of alkyl halides is 6. The van der Waals surface area contributed by atoms with E-state index in [4.69, 9.17) is 0 Å². The summed E-state index contributed by atoms with van der Waals surface area (Å²) in [6, 6.07) is 3.87. The van der Waals surface area contributed by atoms with Crippen molar-refractivity contribution in [3.05, 3.63) is 70.0 Å². The second-order valence-electron chi connectivity index (χ2n) is 10.7. The topological polar surface area (TPSA) is 74.8 Å². The lowest BCUT2D eigenvalue weighted by atomic mass is 9.78. The van der Waals surface area contributed by atoms with E-state index in [9.17, 15) is 48.7 Å². The number of amides is 2. The lowest BCUT2D eigenvalue weighted by Gasteiger charge is -2.41. The van der Waals surface area contributed by atoms with Crippen molar-refractivity contribution in [3.8, 4) is 0 Å². The van der Waals surface area contributed by atoms with E-state index in [0.29, 0.717) is 23.3 Å². The number of hydrogen-bond acceptors (Lipinski definition) is 4. The molecule has 0 spiro atoms. The van der Waals surface area contributed by atoms with Crippen LogP contribution in [-0.2, 0) is 31.8 Å². The molecule has 1 aliphatic heterocycles. The third kappa shape index (κ3) is 8.01. The van der Waals surface area contributed by atoms with Crippen LogP contribution in [0.4, 0.5) is 30.7 Å². The number of nitrogens with zero attached hydrogens (tertiary/aromatic N) is 2. The van der Waals surface area contributed by atoms with Crippen LogP contribution in [0.25, 0.3) is 0 Å². The number of rotatable bonds is 7. The van der Waals surface area contributed by atoms with E-state index >= 15 is 0 Å². The van der Waals surface area contributed by atoms with Gasteiger partial charge < -0.3 is 9.80 Å². The minimum atomic E-state index is -5.06. The first-order valence-electron chi connectivity index (χ1n) is 13.0. The van der Waals surface area contributed by atoms with Crippen LogP contribution in [-0.4, -0.2) is 62.2 Å². The fraction of sp³-hybridized carbons (Fsp3) is 0.500. The van der Waals surface area contributed by atoms with Crippen LogP contribution in [0, 0.1) is 18.7 Å². The minimum Gasteiger partial charge on any atom is -0.342 e. The maximum atomic E-state index is 13.9. The summed E-state index contributed by atoms with van der Waals surface area (Å²) in [5.74, 6) is -3.50. The van der Waals surface area contributed by atoms with E-state index in [0.717, 1.165) is 11.2 Å². The van der Waals surface area contributed by atoms with E-state index in [-0.39, 0.29) is 43.3 Å². The molecule has 1 saturated heterocycles. The molecule has 3 atom stereocenters. The van der Waals surface area contributed by atoms with Crippen LogP contribution in [0.2, 0.25) is 0 Å². The van der Waals surface area contributed by atoms with Crippen molar-refractivity contribution in [2.75, 3.05) is 32.1 Å². The molecule has 0 aliphatic carbocycles. The molecule has 0 saturated carbocycles. The molecule has 2 aromatic rings. The third-order valence-corrected chi connectivity index (χ3v) is 8.57. The average molecular weight is 625 g/mol. The lowest BCUT2D eigenvalue weighted by molar-refractivity contribution is -0.143. The second-order valence-corrected chi connectivity index (χ2v) is 12.9. The first-order chi connectivity index (χ1) is 19.2. The molecule has 232 valence electrons. The summed E-state index contributed by atoms with van der Waals surface area (Å²) in [5, 5.41) is 0. The van der Waals surface area contributed by atoms with Gasteiger partial charge in [0.15, 0.2) is 0 Å². The quantitative estimate of drug-likeness (QED) is 0.368. The van der Waals surface area contributed by atoms with Crippen LogP contribution < -0.4 is 0 Å². The van der Waals surface area contributed by atoms with E-state index in [1.165, 1.54) is 37.1 Å². The molecule has 6 nitrogen and oxygen atoms in total. The van der Waals surface area contributed by atoms with Crippen LogP contribution >= 0.6 is 0 Å². The van der Waals surface area contributed by atoms with Crippen molar-refractivity contribution >= 4 is 21.7 Å². The van der Waals surface area contributed by atoms with Crippen molar-refractivity contribution in [2.45, 2.75) is 51.0 Å². The van der Waals surface area contributed by atoms with Gasteiger partial charge in [-0.2, -0.15) is 26.3 Å². The van der Waals surface area contributed by atoms with Gasteiger partial charge in [-0.25, -0.2) is 12.8 Å². The molecule has 0 bridgehead atoms. The highest BCUT2D eigenvalue weighted by Crippen LogP contribution is 2.40. The highest BCUT2D eigenvalue weighted by Gasteiger charge is 2.41. The number of likely N-dealkylation sites (tertiary alicyclic amines) is 1. The van der Waals surface area contributed by atoms with E-state index in [1.54, 1.807) is 6.92 Å². The number of hydrogen-bond donors (Lipinski definition) is 0. The van der Waals surface area contributed by atoms with Crippen molar-refractivity contribution in [2.24, 2.45) is 5.92 Å². The molecule has 14 heteroatoms. The number of carbonyl (C=O) groups is 2. The zero-order valence-electron chi connectivity index (χ0n) is 23.3. The number of halogens is 7. The van der Waals surface area contributed by atoms with Gasteiger partial charge in [0.1, 0.15) is 15.7 Å². The highest BCUT2D eigenvalue weighted by molar-refractivity contribution is 7.90. The molecule has 1 heterocycles. The van der Waals surface area contributed by atoms with Gasteiger partial charge in [-0.05, 0) is 67.3 Å². The summed E-state index contributed by atoms with van der Waals surface area (Å²) < 4.78 is 118. The Morgan fingerprint density at radius 2 is 1.60 bits per heavy atom. The zero-order valence-corrected chi connectivity index (χ0v) is 24.1. The minimum absolute atomic E-state index is 0.0158.